The van der Waals surface area contributed by atoms with Gasteiger partial charge in [0.25, 0.3) is 5.89 Å². The van der Waals surface area contributed by atoms with Gasteiger partial charge in [0.15, 0.2) is 17.3 Å². The molecular formula is C15H17BrClN3O3. The van der Waals surface area contributed by atoms with Gasteiger partial charge >= 0.3 is 0 Å². The Hall–Kier alpha value is -1.31. The van der Waals surface area contributed by atoms with Crippen molar-refractivity contribution in [1.29, 1.82) is 0 Å². The van der Waals surface area contributed by atoms with Crippen molar-refractivity contribution in [2.45, 2.75) is 31.2 Å². The van der Waals surface area contributed by atoms with Gasteiger partial charge in [0.2, 0.25) is 0 Å². The van der Waals surface area contributed by atoms with Crippen LogP contribution in [0.15, 0.2) is 21.1 Å². The van der Waals surface area contributed by atoms with Crippen molar-refractivity contribution >= 4 is 28.3 Å². The Kier molecular flexibility index (Phi) is 4.53. The van der Waals surface area contributed by atoms with E-state index in [-0.39, 0.29) is 12.4 Å². The molecule has 4 rings (SSSR count). The predicted molar refractivity (Wildman–Crippen MR) is 90.0 cm³/mol. The van der Waals surface area contributed by atoms with Crippen LogP contribution in [0.1, 0.15) is 31.5 Å². The minimum Gasteiger partial charge on any atom is -0.486 e. The summed E-state index contributed by atoms with van der Waals surface area (Å²) in [5.74, 6) is 2.43. The van der Waals surface area contributed by atoms with Crippen molar-refractivity contribution in [2.24, 2.45) is 5.73 Å². The van der Waals surface area contributed by atoms with Crippen LogP contribution in [0.25, 0.3) is 11.5 Å². The topological polar surface area (TPSA) is 83.4 Å². The summed E-state index contributed by atoms with van der Waals surface area (Å²) in [6.07, 6.45) is 4.01. The van der Waals surface area contributed by atoms with Gasteiger partial charge in [0.05, 0.1) is 10.0 Å². The first-order valence-corrected chi connectivity index (χ1v) is 8.18. The minimum atomic E-state index is -0.452. The summed E-state index contributed by atoms with van der Waals surface area (Å²) in [5.41, 5.74) is 6.71. The summed E-state index contributed by atoms with van der Waals surface area (Å²) in [6, 6.07) is 3.75. The molecule has 6 nitrogen and oxygen atoms in total. The number of hydrogen-bond acceptors (Lipinski definition) is 6. The van der Waals surface area contributed by atoms with Crippen molar-refractivity contribution < 1.29 is 14.0 Å². The Morgan fingerprint density at radius 3 is 2.65 bits per heavy atom. The van der Waals surface area contributed by atoms with Gasteiger partial charge in [-0.2, -0.15) is 4.98 Å². The van der Waals surface area contributed by atoms with E-state index in [4.69, 9.17) is 19.7 Å². The van der Waals surface area contributed by atoms with Crippen LogP contribution in [-0.2, 0) is 5.54 Å². The number of aromatic nitrogens is 2. The van der Waals surface area contributed by atoms with Crippen molar-refractivity contribution in [1.82, 2.24) is 10.1 Å². The van der Waals surface area contributed by atoms with Gasteiger partial charge in [0, 0.05) is 5.56 Å². The molecule has 0 unspecified atom stereocenters. The molecule has 2 heterocycles. The van der Waals surface area contributed by atoms with Gasteiger partial charge in [-0.15, -0.1) is 12.4 Å². The third-order valence-electron chi connectivity index (χ3n) is 4.21. The van der Waals surface area contributed by atoms with Crippen LogP contribution in [0, 0.1) is 0 Å². The minimum absolute atomic E-state index is 0. The Morgan fingerprint density at radius 1 is 1.13 bits per heavy atom. The maximum Gasteiger partial charge on any atom is 0.258 e. The van der Waals surface area contributed by atoms with E-state index in [1.54, 1.807) is 0 Å². The fourth-order valence-electron chi connectivity index (χ4n) is 3.01. The summed E-state index contributed by atoms with van der Waals surface area (Å²) in [5, 5.41) is 4.09. The SMILES string of the molecule is Cl.NC1(c2noc(-c3cc(Br)c4c(c3)OCCO4)n2)CCCC1. The van der Waals surface area contributed by atoms with Gasteiger partial charge in [-0.25, -0.2) is 0 Å². The number of hydrogen-bond donors (Lipinski definition) is 1. The zero-order valence-electron chi connectivity index (χ0n) is 12.4. The zero-order chi connectivity index (χ0) is 15.2. The second-order valence-electron chi connectivity index (χ2n) is 5.77. The van der Waals surface area contributed by atoms with Crippen LogP contribution < -0.4 is 15.2 Å². The van der Waals surface area contributed by atoms with E-state index in [1.165, 1.54) is 0 Å². The fraction of sp³-hybridized carbons (Fsp3) is 0.467. The molecule has 1 saturated carbocycles. The highest BCUT2D eigenvalue weighted by molar-refractivity contribution is 9.10. The lowest BCUT2D eigenvalue weighted by atomic mass is 9.99. The van der Waals surface area contributed by atoms with Crippen LogP contribution in [0.5, 0.6) is 11.5 Å². The number of rotatable bonds is 2. The Bertz CT molecular complexity index is 716. The van der Waals surface area contributed by atoms with E-state index in [2.05, 4.69) is 26.1 Å². The molecule has 0 atom stereocenters. The Balaban J connectivity index is 0.00000156. The van der Waals surface area contributed by atoms with Crippen molar-refractivity contribution in [2.75, 3.05) is 13.2 Å². The van der Waals surface area contributed by atoms with Gasteiger partial charge in [-0.1, -0.05) is 18.0 Å². The number of ether oxygens (including phenoxy) is 2. The van der Waals surface area contributed by atoms with E-state index < -0.39 is 5.54 Å². The van der Waals surface area contributed by atoms with Gasteiger partial charge in [0.1, 0.15) is 13.2 Å². The maximum absolute atomic E-state index is 6.37. The van der Waals surface area contributed by atoms with Crippen molar-refractivity contribution in [3.05, 3.63) is 22.4 Å². The average molecular weight is 403 g/mol. The molecule has 1 aromatic carbocycles. The Labute approximate surface area is 148 Å². The Morgan fingerprint density at radius 2 is 1.87 bits per heavy atom. The summed E-state index contributed by atoms with van der Waals surface area (Å²) in [7, 11) is 0. The molecule has 2 N–H and O–H groups in total. The van der Waals surface area contributed by atoms with E-state index >= 15 is 0 Å². The number of fused-ring (bicyclic) bond motifs is 1. The smallest absolute Gasteiger partial charge is 0.258 e. The molecule has 0 saturated heterocycles. The molecule has 124 valence electrons. The highest BCUT2D eigenvalue weighted by Gasteiger charge is 2.36. The number of nitrogens with zero attached hydrogens (tertiary/aromatic N) is 2. The van der Waals surface area contributed by atoms with Gasteiger partial charge < -0.3 is 19.7 Å². The maximum atomic E-state index is 6.37. The molecular weight excluding hydrogens is 386 g/mol. The van der Waals surface area contributed by atoms with E-state index in [1.807, 2.05) is 12.1 Å². The second kappa shape index (κ2) is 6.30. The highest BCUT2D eigenvalue weighted by Crippen LogP contribution is 2.41. The molecule has 0 radical (unpaired) electrons. The third kappa shape index (κ3) is 2.93. The zero-order valence-corrected chi connectivity index (χ0v) is 14.8. The summed E-state index contributed by atoms with van der Waals surface area (Å²) >= 11 is 3.49. The van der Waals surface area contributed by atoms with Crippen LogP contribution in [0.2, 0.25) is 0 Å². The molecule has 1 aliphatic heterocycles. The first-order chi connectivity index (χ1) is 10.7. The molecule has 0 bridgehead atoms. The molecule has 1 aromatic heterocycles. The molecule has 0 spiro atoms. The highest BCUT2D eigenvalue weighted by atomic mass is 79.9. The second-order valence-corrected chi connectivity index (χ2v) is 6.62. The number of benzene rings is 1. The van der Waals surface area contributed by atoms with E-state index in [9.17, 15) is 0 Å². The molecule has 8 heteroatoms. The standard InChI is InChI=1S/C15H16BrN3O3.ClH/c16-10-7-9(8-11-12(10)21-6-5-20-11)13-18-14(19-22-13)15(17)3-1-2-4-15;/h7-8H,1-6,17H2;1H. The van der Waals surface area contributed by atoms with Crippen LogP contribution >= 0.6 is 28.3 Å². The fourth-order valence-corrected chi connectivity index (χ4v) is 3.56. The normalized spacial score (nSPS) is 18.5. The van der Waals surface area contributed by atoms with E-state index in [0.29, 0.717) is 36.4 Å². The molecule has 23 heavy (non-hydrogen) atoms. The summed E-state index contributed by atoms with van der Waals surface area (Å²) in [6.45, 7) is 1.08. The average Bonchev–Trinajstić information content (AvgIpc) is 3.17. The van der Waals surface area contributed by atoms with Crippen LogP contribution in [0.4, 0.5) is 0 Å². The molecule has 2 aromatic rings. The lowest BCUT2D eigenvalue weighted by molar-refractivity contribution is 0.170. The number of halogens is 2. The lowest BCUT2D eigenvalue weighted by Gasteiger charge is -2.20. The van der Waals surface area contributed by atoms with Crippen molar-refractivity contribution in [3.8, 4) is 23.0 Å². The molecule has 1 aliphatic carbocycles. The first-order valence-electron chi connectivity index (χ1n) is 7.38. The third-order valence-corrected chi connectivity index (χ3v) is 4.80. The van der Waals surface area contributed by atoms with Crippen LogP contribution in [-0.4, -0.2) is 23.4 Å². The molecule has 2 aliphatic rings. The molecule has 1 fully saturated rings. The predicted octanol–water partition coefficient (Wildman–Crippen LogP) is 3.42. The van der Waals surface area contributed by atoms with E-state index in [0.717, 1.165) is 35.7 Å². The van der Waals surface area contributed by atoms with Gasteiger partial charge in [-0.05, 0) is 40.9 Å². The van der Waals surface area contributed by atoms with Gasteiger partial charge in [-0.3, -0.25) is 0 Å². The first kappa shape index (κ1) is 16.5. The lowest BCUT2D eigenvalue weighted by Crippen LogP contribution is -2.34. The van der Waals surface area contributed by atoms with Crippen LogP contribution in [0.3, 0.4) is 0 Å². The summed E-state index contributed by atoms with van der Waals surface area (Å²) in [4.78, 5) is 4.50. The quantitative estimate of drug-likeness (QED) is 0.828. The summed E-state index contributed by atoms with van der Waals surface area (Å²) < 4.78 is 17.4. The number of nitrogens with two attached hydrogens (primary N) is 1. The molecule has 0 amide bonds. The largest absolute Gasteiger partial charge is 0.486 e. The van der Waals surface area contributed by atoms with Crippen molar-refractivity contribution in [3.63, 3.8) is 0 Å². The monoisotopic (exact) mass is 401 g/mol.